The Balaban J connectivity index is 2.32. The number of imidazole rings is 1. The number of amides is 1. The molecule has 0 aromatic carbocycles. The molecule has 0 bridgehead atoms. The van der Waals surface area contributed by atoms with Crippen molar-refractivity contribution in [3.05, 3.63) is 12.4 Å². The van der Waals surface area contributed by atoms with Gasteiger partial charge in [0.2, 0.25) is 11.9 Å². The first-order chi connectivity index (χ1) is 5.36. The Morgan fingerprint density at radius 3 is 3.45 bits per heavy atom. The number of carbonyl (C=O) groups excluding carboxylic acids is 1. The number of nitrogens with zero attached hydrogens (tertiary/aromatic N) is 2. The lowest BCUT2D eigenvalue weighted by atomic mass is 10.3. The third-order valence-electron chi connectivity index (χ3n) is 1.77. The number of rotatable bonds is 0. The summed E-state index contributed by atoms with van der Waals surface area (Å²) in [6, 6.07) is 0. The third-order valence-corrected chi connectivity index (χ3v) is 1.77. The van der Waals surface area contributed by atoms with Crippen molar-refractivity contribution in [1.29, 1.82) is 0 Å². The van der Waals surface area contributed by atoms with E-state index in [9.17, 15) is 4.79 Å². The Morgan fingerprint density at radius 2 is 2.55 bits per heavy atom. The van der Waals surface area contributed by atoms with Gasteiger partial charge in [-0.05, 0) is 6.42 Å². The quantitative estimate of drug-likeness (QED) is 0.590. The number of hydrogen-bond acceptors (Lipinski definition) is 2. The van der Waals surface area contributed by atoms with Gasteiger partial charge in [0.1, 0.15) is 0 Å². The van der Waals surface area contributed by atoms with Crippen LogP contribution in [0.1, 0.15) is 12.8 Å². The highest BCUT2D eigenvalue weighted by Crippen LogP contribution is 2.11. The summed E-state index contributed by atoms with van der Waals surface area (Å²) in [6.45, 7) is 0.883. The maximum atomic E-state index is 11.0. The molecule has 4 heteroatoms. The zero-order valence-corrected chi connectivity index (χ0v) is 6.08. The van der Waals surface area contributed by atoms with Crippen molar-refractivity contribution < 1.29 is 4.79 Å². The molecule has 0 aliphatic carbocycles. The van der Waals surface area contributed by atoms with Crippen LogP contribution in [0.15, 0.2) is 12.4 Å². The van der Waals surface area contributed by atoms with Gasteiger partial charge in [-0.15, -0.1) is 0 Å². The molecule has 0 unspecified atom stereocenters. The van der Waals surface area contributed by atoms with Crippen LogP contribution < -0.4 is 5.32 Å². The van der Waals surface area contributed by atoms with E-state index in [1.165, 1.54) is 0 Å². The molecule has 0 radical (unpaired) electrons. The van der Waals surface area contributed by atoms with Gasteiger partial charge in [0.15, 0.2) is 0 Å². The predicted molar refractivity (Wildman–Crippen MR) is 40.1 cm³/mol. The number of hydrogen-bond donors (Lipinski definition) is 1. The Bertz CT molecular complexity index is 279. The van der Waals surface area contributed by atoms with E-state index in [1.54, 1.807) is 6.20 Å². The van der Waals surface area contributed by atoms with Crippen LogP contribution in [0.3, 0.4) is 0 Å². The van der Waals surface area contributed by atoms with E-state index in [0.717, 1.165) is 13.0 Å². The van der Waals surface area contributed by atoms with Gasteiger partial charge in [0.05, 0.1) is 0 Å². The van der Waals surface area contributed by atoms with Crippen LogP contribution in [0.2, 0.25) is 0 Å². The summed E-state index contributed by atoms with van der Waals surface area (Å²) in [5.74, 6) is 0.738. The molecule has 1 aliphatic rings. The molecule has 0 saturated carbocycles. The van der Waals surface area contributed by atoms with Crippen molar-refractivity contribution in [1.82, 2.24) is 9.55 Å². The highest BCUT2D eigenvalue weighted by atomic mass is 16.1. The molecule has 0 atom stereocenters. The molecule has 1 aliphatic heterocycles. The van der Waals surface area contributed by atoms with Gasteiger partial charge < -0.3 is 4.57 Å². The number of aryl methyl sites for hydroxylation is 1. The number of carbonyl (C=O) groups is 1. The first-order valence-corrected chi connectivity index (χ1v) is 3.67. The van der Waals surface area contributed by atoms with E-state index in [0.29, 0.717) is 12.4 Å². The predicted octanol–water partition coefficient (Wildman–Crippen LogP) is 0.615. The molecule has 2 heterocycles. The third kappa shape index (κ3) is 1.11. The van der Waals surface area contributed by atoms with Crippen molar-refractivity contribution in [2.45, 2.75) is 19.4 Å². The first-order valence-electron chi connectivity index (χ1n) is 3.67. The van der Waals surface area contributed by atoms with Crippen LogP contribution in [0.4, 0.5) is 5.95 Å². The molecule has 0 saturated heterocycles. The largest absolute Gasteiger partial charge is 0.317 e. The summed E-state index contributed by atoms with van der Waals surface area (Å²) in [5, 5.41) is 2.72. The Hall–Kier alpha value is -1.32. The second kappa shape index (κ2) is 2.38. The monoisotopic (exact) mass is 151 g/mol. The standard InChI is InChI=1S/C7H9N3O/c11-6-2-1-4-10-5-3-8-7(10)9-6/h3,5H,1-2,4H2,(H,8,9,11). The fourth-order valence-electron chi connectivity index (χ4n) is 1.21. The minimum Gasteiger partial charge on any atom is -0.317 e. The van der Waals surface area contributed by atoms with E-state index in [-0.39, 0.29) is 5.91 Å². The Morgan fingerprint density at radius 1 is 1.64 bits per heavy atom. The molecular formula is C7H9N3O. The highest BCUT2D eigenvalue weighted by molar-refractivity contribution is 5.89. The van der Waals surface area contributed by atoms with E-state index in [1.807, 2.05) is 10.8 Å². The fraction of sp³-hybridized carbons (Fsp3) is 0.429. The maximum absolute atomic E-state index is 11.0. The number of nitrogens with one attached hydrogen (secondary N) is 1. The van der Waals surface area contributed by atoms with Crippen molar-refractivity contribution in [2.24, 2.45) is 0 Å². The lowest BCUT2D eigenvalue weighted by molar-refractivity contribution is -0.116. The molecule has 58 valence electrons. The molecule has 1 N–H and O–H groups in total. The van der Waals surface area contributed by atoms with Crippen LogP contribution >= 0.6 is 0 Å². The summed E-state index contributed by atoms with van der Waals surface area (Å²) in [7, 11) is 0. The minimum absolute atomic E-state index is 0.0648. The van der Waals surface area contributed by atoms with Gasteiger partial charge in [-0.1, -0.05) is 0 Å². The fourth-order valence-corrected chi connectivity index (χ4v) is 1.21. The zero-order chi connectivity index (χ0) is 7.68. The normalized spacial score (nSPS) is 16.9. The Labute approximate surface area is 64.2 Å². The van der Waals surface area contributed by atoms with Crippen molar-refractivity contribution in [3.63, 3.8) is 0 Å². The molecule has 2 rings (SSSR count). The zero-order valence-electron chi connectivity index (χ0n) is 6.08. The summed E-state index contributed by atoms with van der Waals surface area (Å²) in [6.07, 6.45) is 5.07. The molecule has 1 aromatic heterocycles. The van der Waals surface area contributed by atoms with E-state index >= 15 is 0 Å². The van der Waals surface area contributed by atoms with Crippen LogP contribution in [-0.2, 0) is 11.3 Å². The maximum Gasteiger partial charge on any atom is 0.226 e. The van der Waals surface area contributed by atoms with E-state index in [4.69, 9.17) is 0 Å². The van der Waals surface area contributed by atoms with Gasteiger partial charge >= 0.3 is 0 Å². The smallest absolute Gasteiger partial charge is 0.226 e. The van der Waals surface area contributed by atoms with Gasteiger partial charge in [0, 0.05) is 25.4 Å². The van der Waals surface area contributed by atoms with Crippen LogP contribution in [0.25, 0.3) is 0 Å². The second-order valence-electron chi connectivity index (χ2n) is 2.60. The number of anilines is 1. The van der Waals surface area contributed by atoms with Crippen LogP contribution in [0, 0.1) is 0 Å². The summed E-state index contributed by atoms with van der Waals surface area (Å²) >= 11 is 0. The molecule has 0 fully saturated rings. The van der Waals surface area contributed by atoms with Gasteiger partial charge in [-0.2, -0.15) is 0 Å². The molecular weight excluding hydrogens is 142 g/mol. The first kappa shape index (κ1) is 6.39. The minimum atomic E-state index is 0.0648. The number of fused-ring (bicyclic) bond motifs is 1. The molecule has 4 nitrogen and oxygen atoms in total. The van der Waals surface area contributed by atoms with Crippen molar-refractivity contribution in [2.75, 3.05) is 5.32 Å². The molecule has 1 aromatic rings. The molecule has 11 heavy (non-hydrogen) atoms. The van der Waals surface area contributed by atoms with Crippen molar-refractivity contribution >= 4 is 11.9 Å². The van der Waals surface area contributed by atoms with Gasteiger partial charge in [0.25, 0.3) is 0 Å². The van der Waals surface area contributed by atoms with Crippen molar-refractivity contribution in [3.8, 4) is 0 Å². The molecule has 1 amide bonds. The lowest BCUT2D eigenvalue weighted by Gasteiger charge is -1.99. The summed E-state index contributed by atoms with van der Waals surface area (Å²) in [4.78, 5) is 15.0. The van der Waals surface area contributed by atoms with Gasteiger partial charge in [-0.25, -0.2) is 4.98 Å². The Kier molecular flexibility index (Phi) is 1.38. The summed E-state index contributed by atoms with van der Waals surface area (Å²) in [5.41, 5.74) is 0. The van der Waals surface area contributed by atoms with Crippen LogP contribution in [-0.4, -0.2) is 15.5 Å². The average Bonchev–Trinajstić information content (AvgIpc) is 2.31. The van der Waals surface area contributed by atoms with Gasteiger partial charge in [-0.3, -0.25) is 10.1 Å². The SMILES string of the molecule is O=C1CCCn2ccnc2N1. The molecule has 0 spiro atoms. The lowest BCUT2D eigenvalue weighted by Crippen LogP contribution is -2.10. The van der Waals surface area contributed by atoms with Crippen LogP contribution in [0.5, 0.6) is 0 Å². The number of aromatic nitrogens is 2. The van der Waals surface area contributed by atoms with E-state index < -0.39 is 0 Å². The summed E-state index contributed by atoms with van der Waals surface area (Å²) < 4.78 is 1.95. The average molecular weight is 151 g/mol. The second-order valence-corrected chi connectivity index (χ2v) is 2.60. The topological polar surface area (TPSA) is 46.9 Å². The van der Waals surface area contributed by atoms with E-state index in [2.05, 4.69) is 10.3 Å². The highest BCUT2D eigenvalue weighted by Gasteiger charge is 2.11.